The average molecular weight is 357 g/mol. The van der Waals surface area contributed by atoms with Gasteiger partial charge in [0.1, 0.15) is 5.75 Å². The Kier molecular flexibility index (Phi) is 4.23. The summed E-state index contributed by atoms with van der Waals surface area (Å²) in [7, 11) is 0. The van der Waals surface area contributed by atoms with Gasteiger partial charge in [0.2, 0.25) is 5.82 Å². The third-order valence-corrected chi connectivity index (χ3v) is 3.36. The molecule has 0 saturated heterocycles. The lowest BCUT2D eigenvalue weighted by atomic mass is 10.1. The summed E-state index contributed by atoms with van der Waals surface area (Å²) in [5, 5.41) is 33.4. The van der Waals surface area contributed by atoms with E-state index in [0.29, 0.717) is 0 Å². The van der Waals surface area contributed by atoms with Crippen LogP contribution in [0.3, 0.4) is 0 Å². The van der Waals surface area contributed by atoms with Gasteiger partial charge in [-0.25, -0.2) is 4.79 Å². The molecule has 0 atom stereocenters. The fourth-order valence-electron chi connectivity index (χ4n) is 2.15. The number of hydrogen-bond donors (Lipinski definition) is 2. The number of aromatic carboxylic acids is 1. The number of phenols is 1. The number of aromatic nitrogens is 2. The maximum atomic E-state index is 11.0. The maximum Gasteiger partial charge on any atom is 0.394 e. The predicted octanol–water partition coefficient (Wildman–Crippen LogP) is 3.15. The number of ether oxygens (including phenoxy) is 1. The molecule has 10 nitrogen and oxygen atoms in total. The first-order valence-electron chi connectivity index (χ1n) is 7.18. The van der Waals surface area contributed by atoms with Gasteiger partial charge in [-0.05, 0) is 30.7 Å². The van der Waals surface area contributed by atoms with Gasteiger partial charge in [-0.15, -0.1) is 0 Å². The summed E-state index contributed by atoms with van der Waals surface area (Å²) in [6.07, 6.45) is 0. The van der Waals surface area contributed by atoms with E-state index in [1.165, 1.54) is 24.3 Å². The molecule has 0 aliphatic heterocycles. The number of rotatable bonds is 5. The highest BCUT2D eigenvalue weighted by Crippen LogP contribution is 2.38. The van der Waals surface area contributed by atoms with Gasteiger partial charge in [-0.3, -0.25) is 10.1 Å². The average Bonchev–Trinajstić information content (AvgIpc) is 3.07. The summed E-state index contributed by atoms with van der Waals surface area (Å²) >= 11 is 0. The van der Waals surface area contributed by atoms with E-state index in [2.05, 4.69) is 14.7 Å². The zero-order valence-corrected chi connectivity index (χ0v) is 13.2. The molecular weight excluding hydrogens is 346 g/mol. The Bertz CT molecular complexity index is 1010. The highest BCUT2D eigenvalue weighted by atomic mass is 16.6. The fraction of sp³-hybridized carbons (Fsp3) is 0.0625. The number of aryl methyl sites for hydroxylation is 1. The van der Waals surface area contributed by atoms with E-state index in [9.17, 15) is 20.0 Å². The van der Waals surface area contributed by atoms with Gasteiger partial charge in [0, 0.05) is 12.1 Å². The Morgan fingerprint density at radius 3 is 2.58 bits per heavy atom. The van der Waals surface area contributed by atoms with E-state index < -0.39 is 16.8 Å². The maximum absolute atomic E-state index is 11.0. The standard InChI is InChI=1S/C16H11N3O7/c1-8-2-4-13(11(20)6-8)25-12-5-3-9(19(23)24)7-10(12)14-17-15(16(21)22)26-18-14/h2-7,20H,1H3,(H,21,22). The molecule has 132 valence electrons. The van der Waals surface area contributed by atoms with Gasteiger partial charge in [0.25, 0.3) is 5.69 Å². The van der Waals surface area contributed by atoms with Crippen molar-refractivity contribution in [1.82, 2.24) is 10.1 Å². The molecule has 2 aromatic carbocycles. The second-order valence-corrected chi connectivity index (χ2v) is 5.24. The zero-order chi connectivity index (χ0) is 18.8. The lowest BCUT2D eigenvalue weighted by Crippen LogP contribution is -1.97. The summed E-state index contributed by atoms with van der Waals surface area (Å²) in [6, 6.07) is 8.33. The van der Waals surface area contributed by atoms with Crippen LogP contribution in [-0.2, 0) is 0 Å². The van der Waals surface area contributed by atoms with Crippen LogP contribution >= 0.6 is 0 Å². The highest BCUT2D eigenvalue weighted by molar-refractivity contribution is 5.83. The van der Waals surface area contributed by atoms with Crippen LogP contribution in [0.25, 0.3) is 11.4 Å². The molecule has 0 aliphatic carbocycles. The number of carbonyl (C=O) groups is 1. The number of non-ortho nitro benzene ring substituents is 1. The van der Waals surface area contributed by atoms with Crippen molar-refractivity contribution in [3.05, 3.63) is 58.0 Å². The SMILES string of the molecule is Cc1ccc(Oc2ccc([N+](=O)[O-])cc2-c2noc(C(=O)O)n2)c(O)c1. The molecule has 1 aromatic heterocycles. The molecular formula is C16H11N3O7. The number of nitro benzene ring substituents is 1. The van der Waals surface area contributed by atoms with Crippen LogP contribution in [0.4, 0.5) is 5.69 Å². The smallest absolute Gasteiger partial charge is 0.394 e. The number of nitro groups is 1. The number of nitrogens with zero attached hydrogens (tertiary/aromatic N) is 3. The summed E-state index contributed by atoms with van der Waals surface area (Å²) in [5.41, 5.74) is 0.570. The van der Waals surface area contributed by atoms with E-state index in [1.807, 2.05) is 0 Å². The van der Waals surface area contributed by atoms with Crippen molar-refractivity contribution in [2.75, 3.05) is 0 Å². The Hall–Kier alpha value is -3.95. The third-order valence-electron chi connectivity index (χ3n) is 3.36. The molecule has 26 heavy (non-hydrogen) atoms. The van der Waals surface area contributed by atoms with Crippen LogP contribution in [0.2, 0.25) is 0 Å². The van der Waals surface area contributed by atoms with Crippen molar-refractivity contribution in [3.63, 3.8) is 0 Å². The molecule has 10 heteroatoms. The number of benzene rings is 2. The summed E-state index contributed by atoms with van der Waals surface area (Å²) in [6.45, 7) is 1.79. The Labute approximate surface area is 145 Å². The van der Waals surface area contributed by atoms with Crippen molar-refractivity contribution in [2.45, 2.75) is 6.92 Å². The van der Waals surface area contributed by atoms with Crippen molar-refractivity contribution in [3.8, 4) is 28.6 Å². The minimum absolute atomic E-state index is 0.0374. The van der Waals surface area contributed by atoms with Crippen LogP contribution < -0.4 is 4.74 Å². The Morgan fingerprint density at radius 1 is 1.23 bits per heavy atom. The van der Waals surface area contributed by atoms with Crippen LogP contribution in [-0.4, -0.2) is 31.2 Å². The third kappa shape index (κ3) is 3.29. The Morgan fingerprint density at radius 2 is 1.96 bits per heavy atom. The van der Waals surface area contributed by atoms with E-state index in [-0.39, 0.29) is 34.3 Å². The van der Waals surface area contributed by atoms with Gasteiger partial charge in [0.15, 0.2) is 11.5 Å². The molecule has 2 N–H and O–H groups in total. The highest BCUT2D eigenvalue weighted by Gasteiger charge is 2.21. The van der Waals surface area contributed by atoms with E-state index in [0.717, 1.165) is 11.6 Å². The van der Waals surface area contributed by atoms with Crippen LogP contribution in [0.15, 0.2) is 40.9 Å². The van der Waals surface area contributed by atoms with Crippen molar-refractivity contribution < 1.29 is 29.2 Å². The summed E-state index contributed by atoms with van der Waals surface area (Å²) in [4.78, 5) is 25.0. The van der Waals surface area contributed by atoms with Crippen LogP contribution in [0.1, 0.15) is 16.2 Å². The number of hydrogen-bond acceptors (Lipinski definition) is 8. The quantitative estimate of drug-likeness (QED) is 0.518. The topological polar surface area (TPSA) is 149 Å². The normalized spacial score (nSPS) is 10.5. The largest absolute Gasteiger partial charge is 0.504 e. The van der Waals surface area contributed by atoms with Crippen LogP contribution in [0.5, 0.6) is 17.2 Å². The first-order valence-corrected chi connectivity index (χ1v) is 7.18. The molecule has 0 fully saturated rings. The van der Waals surface area contributed by atoms with Crippen molar-refractivity contribution in [1.29, 1.82) is 0 Å². The molecule has 0 radical (unpaired) electrons. The lowest BCUT2D eigenvalue weighted by Gasteiger charge is -2.10. The zero-order valence-electron chi connectivity index (χ0n) is 13.2. The van der Waals surface area contributed by atoms with Crippen molar-refractivity contribution in [2.24, 2.45) is 0 Å². The molecule has 0 bridgehead atoms. The molecule has 1 heterocycles. The van der Waals surface area contributed by atoms with Gasteiger partial charge in [0.05, 0.1) is 10.5 Å². The fourth-order valence-corrected chi connectivity index (χ4v) is 2.15. The minimum Gasteiger partial charge on any atom is -0.504 e. The predicted molar refractivity (Wildman–Crippen MR) is 86.3 cm³/mol. The monoisotopic (exact) mass is 357 g/mol. The molecule has 3 aromatic rings. The number of aromatic hydroxyl groups is 1. The second kappa shape index (κ2) is 6.51. The Balaban J connectivity index is 2.08. The van der Waals surface area contributed by atoms with E-state index in [4.69, 9.17) is 9.84 Å². The minimum atomic E-state index is -1.44. The van der Waals surface area contributed by atoms with E-state index >= 15 is 0 Å². The molecule has 0 spiro atoms. The summed E-state index contributed by atoms with van der Waals surface area (Å²) in [5.74, 6) is -2.26. The molecule has 0 aliphatic rings. The molecule has 0 amide bonds. The lowest BCUT2D eigenvalue weighted by molar-refractivity contribution is -0.384. The van der Waals surface area contributed by atoms with Crippen LogP contribution in [0, 0.1) is 17.0 Å². The van der Waals surface area contributed by atoms with Gasteiger partial charge >= 0.3 is 11.9 Å². The van der Waals surface area contributed by atoms with Gasteiger partial charge in [-0.1, -0.05) is 11.2 Å². The van der Waals surface area contributed by atoms with Gasteiger partial charge in [-0.2, -0.15) is 4.98 Å². The summed E-state index contributed by atoms with van der Waals surface area (Å²) < 4.78 is 10.2. The number of carboxylic acids is 1. The number of carboxylic acid groups (broad SMARTS) is 1. The molecule has 0 unspecified atom stereocenters. The second-order valence-electron chi connectivity index (χ2n) is 5.24. The molecule has 0 saturated carbocycles. The molecule has 3 rings (SSSR count). The van der Waals surface area contributed by atoms with Gasteiger partial charge < -0.3 is 19.5 Å². The number of phenolic OH excluding ortho intramolecular Hbond substituents is 1. The van der Waals surface area contributed by atoms with Crippen molar-refractivity contribution >= 4 is 11.7 Å². The first kappa shape index (κ1) is 16.9. The van der Waals surface area contributed by atoms with E-state index in [1.54, 1.807) is 13.0 Å². The first-order chi connectivity index (χ1) is 12.3.